The summed E-state index contributed by atoms with van der Waals surface area (Å²) < 4.78 is 0. The van der Waals surface area contributed by atoms with Gasteiger partial charge < -0.3 is 5.32 Å². The summed E-state index contributed by atoms with van der Waals surface area (Å²) in [7, 11) is 0. The monoisotopic (exact) mass is 222 g/mol. The Morgan fingerprint density at radius 1 is 1.40 bits per heavy atom. The molecule has 0 aromatic heterocycles. The zero-order valence-electron chi connectivity index (χ0n) is 8.89. The largest absolute Gasteiger partial charge is 0.384 e. The van der Waals surface area contributed by atoms with Crippen LogP contribution in [0.5, 0.6) is 0 Å². The van der Waals surface area contributed by atoms with E-state index in [1.807, 2.05) is 25.1 Å². The first kappa shape index (κ1) is 11.9. The SMILES string of the molecule is Cc1ccc(Cl)c(NCCCCC#N)c1. The van der Waals surface area contributed by atoms with Crippen LogP contribution in [0.2, 0.25) is 5.02 Å². The fourth-order valence-electron chi connectivity index (χ4n) is 1.33. The molecule has 1 rings (SSSR count). The highest BCUT2D eigenvalue weighted by atomic mass is 35.5. The van der Waals surface area contributed by atoms with Crippen LogP contribution < -0.4 is 5.32 Å². The number of unbranched alkanes of at least 4 members (excludes halogenated alkanes) is 2. The Hall–Kier alpha value is -1.20. The first-order valence-corrected chi connectivity index (χ1v) is 5.49. The Balaban J connectivity index is 2.37. The van der Waals surface area contributed by atoms with E-state index in [0.29, 0.717) is 6.42 Å². The van der Waals surface area contributed by atoms with Gasteiger partial charge in [-0.1, -0.05) is 17.7 Å². The lowest BCUT2D eigenvalue weighted by Gasteiger charge is -2.08. The van der Waals surface area contributed by atoms with Crippen LogP contribution in [-0.4, -0.2) is 6.54 Å². The molecule has 0 spiro atoms. The van der Waals surface area contributed by atoms with Crippen molar-refractivity contribution < 1.29 is 0 Å². The van der Waals surface area contributed by atoms with Gasteiger partial charge >= 0.3 is 0 Å². The summed E-state index contributed by atoms with van der Waals surface area (Å²) in [5.74, 6) is 0. The molecule has 0 bridgehead atoms. The van der Waals surface area contributed by atoms with Gasteiger partial charge in [0.05, 0.1) is 16.8 Å². The second-order valence-electron chi connectivity index (χ2n) is 3.53. The van der Waals surface area contributed by atoms with Gasteiger partial charge in [0.25, 0.3) is 0 Å². The molecule has 0 unspecified atom stereocenters. The molecule has 0 atom stereocenters. The zero-order chi connectivity index (χ0) is 11.1. The average molecular weight is 223 g/mol. The van der Waals surface area contributed by atoms with Gasteiger partial charge in [-0.3, -0.25) is 0 Å². The molecule has 1 N–H and O–H groups in total. The van der Waals surface area contributed by atoms with Crippen LogP contribution in [0.1, 0.15) is 24.8 Å². The highest BCUT2D eigenvalue weighted by Crippen LogP contribution is 2.22. The topological polar surface area (TPSA) is 35.8 Å². The van der Waals surface area contributed by atoms with E-state index in [1.54, 1.807) is 0 Å². The summed E-state index contributed by atoms with van der Waals surface area (Å²) in [6.07, 6.45) is 2.56. The molecule has 80 valence electrons. The molecule has 0 aliphatic carbocycles. The Bertz CT molecular complexity index is 355. The molecule has 2 nitrogen and oxygen atoms in total. The van der Waals surface area contributed by atoms with E-state index in [2.05, 4.69) is 11.4 Å². The van der Waals surface area contributed by atoms with Gasteiger partial charge in [-0.25, -0.2) is 0 Å². The minimum atomic E-state index is 0.628. The number of anilines is 1. The number of nitrogens with zero attached hydrogens (tertiary/aromatic N) is 1. The van der Waals surface area contributed by atoms with Crippen molar-refractivity contribution in [2.75, 3.05) is 11.9 Å². The average Bonchev–Trinajstić information content (AvgIpc) is 2.23. The Labute approximate surface area is 95.9 Å². The van der Waals surface area contributed by atoms with Crippen LogP contribution >= 0.6 is 11.6 Å². The van der Waals surface area contributed by atoms with Gasteiger partial charge in [-0.05, 0) is 37.5 Å². The first-order chi connectivity index (χ1) is 7.24. The molecular formula is C12H15ClN2. The maximum Gasteiger partial charge on any atom is 0.0637 e. The highest BCUT2D eigenvalue weighted by Gasteiger charge is 1.98. The fourth-order valence-corrected chi connectivity index (χ4v) is 1.51. The third-order valence-electron chi connectivity index (χ3n) is 2.15. The predicted octanol–water partition coefficient (Wildman–Crippen LogP) is 3.75. The summed E-state index contributed by atoms with van der Waals surface area (Å²) in [5, 5.41) is 12.4. The van der Waals surface area contributed by atoms with Crippen molar-refractivity contribution in [1.29, 1.82) is 5.26 Å². The summed E-state index contributed by atoms with van der Waals surface area (Å²) in [6, 6.07) is 8.05. The molecule has 0 heterocycles. The molecule has 0 fully saturated rings. The Morgan fingerprint density at radius 3 is 2.93 bits per heavy atom. The smallest absolute Gasteiger partial charge is 0.0637 e. The molecule has 0 saturated heterocycles. The van der Waals surface area contributed by atoms with Gasteiger partial charge in [0.2, 0.25) is 0 Å². The van der Waals surface area contributed by atoms with Crippen molar-refractivity contribution in [3.8, 4) is 6.07 Å². The molecule has 1 aromatic carbocycles. The van der Waals surface area contributed by atoms with Crippen molar-refractivity contribution in [1.82, 2.24) is 0 Å². The molecule has 1 aromatic rings. The molecular weight excluding hydrogens is 208 g/mol. The quantitative estimate of drug-likeness (QED) is 0.771. The van der Waals surface area contributed by atoms with E-state index in [-0.39, 0.29) is 0 Å². The minimum absolute atomic E-state index is 0.628. The summed E-state index contributed by atoms with van der Waals surface area (Å²) in [4.78, 5) is 0. The first-order valence-electron chi connectivity index (χ1n) is 5.11. The number of nitriles is 1. The van der Waals surface area contributed by atoms with Gasteiger partial charge in [0.15, 0.2) is 0 Å². The third kappa shape index (κ3) is 4.22. The lowest BCUT2D eigenvalue weighted by Crippen LogP contribution is -2.01. The molecule has 15 heavy (non-hydrogen) atoms. The fraction of sp³-hybridized carbons (Fsp3) is 0.417. The van der Waals surface area contributed by atoms with Crippen LogP contribution in [0.25, 0.3) is 0 Å². The van der Waals surface area contributed by atoms with E-state index in [9.17, 15) is 0 Å². The van der Waals surface area contributed by atoms with Crippen molar-refractivity contribution in [3.05, 3.63) is 28.8 Å². The minimum Gasteiger partial charge on any atom is -0.384 e. The molecule has 0 aliphatic heterocycles. The number of halogens is 1. The van der Waals surface area contributed by atoms with Crippen molar-refractivity contribution in [2.24, 2.45) is 0 Å². The molecule has 0 radical (unpaired) electrons. The number of nitrogens with one attached hydrogen (secondary N) is 1. The van der Waals surface area contributed by atoms with Gasteiger partial charge in [0.1, 0.15) is 0 Å². The van der Waals surface area contributed by atoms with Crippen LogP contribution in [-0.2, 0) is 0 Å². The maximum absolute atomic E-state index is 8.37. The Kier molecular flexibility index (Phi) is 5.00. The summed E-state index contributed by atoms with van der Waals surface area (Å²) in [6.45, 7) is 2.90. The van der Waals surface area contributed by atoms with Crippen LogP contribution in [0.4, 0.5) is 5.69 Å². The zero-order valence-corrected chi connectivity index (χ0v) is 9.64. The van der Waals surface area contributed by atoms with Crippen molar-refractivity contribution in [2.45, 2.75) is 26.2 Å². The standard InChI is InChI=1S/C12H15ClN2/c1-10-5-6-11(13)12(9-10)15-8-4-2-3-7-14/h5-6,9,15H,2-4,8H2,1H3. The maximum atomic E-state index is 8.37. The normalized spacial score (nSPS) is 9.67. The van der Waals surface area contributed by atoms with Crippen LogP contribution in [0, 0.1) is 18.3 Å². The second-order valence-corrected chi connectivity index (χ2v) is 3.93. The number of benzene rings is 1. The van der Waals surface area contributed by atoms with Gasteiger partial charge in [-0.15, -0.1) is 0 Å². The predicted molar refractivity (Wildman–Crippen MR) is 64.1 cm³/mol. The highest BCUT2D eigenvalue weighted by molar-refractivity contribution is 6.33. The third-order valence-corrected chi connectivity index (χ3v) is 2.48. The molecule has 3 heteroatoms. The summed E-state index contributed by atoms with van der Waals surface area (Å²) >= 11 is 6.02. The molecule has 0 amide bonds. The lowest BCUT2D eigenvalue weighted by molar-refractivity contribution is 0.784. The van der Waals surface area contributed by atoms with E-state index in [4.69, 9.17) is 16.9 Å². The van der Waals surface area contributed by atoms with Gasteiger partial charge in [0, 0.05) is 13.0 Å². The summed E-state index contributed by atoms with van der Waals surface area (Å²) in [5.41, 5.74) is 2.17. The van der Waals surface area contributed by atoms with E-state index in [1.165, 1.54) is 5.56 Å². The lowest BCUT2D eigenvalue weighted by atomic mass is 10.2. The number of hydrogen-bond acceptors (Lipinski definition) is 2. The number of rotatable bonds is 5. The van der Waals surface area contributed by atoms with Crippen LogP contribution in [0.15, 0.2) is 18.2 Å². The van der Waals surface area contributed by atoms with E-state index < -0.39 is 0 Å². The van der Waals surface area contributed by atoms with E-state index >= 15 is 0 Å². The number of aryl methyl sites for hydroxylation is 1. The Morgan fingerprint density at radius 2 is 2.20 bits per heavy atom. The van der Waals surface area contributed by atoms with Gasteiger partial charge in [-0.2, -0.15) is 5.26 Å². The second kappa shape index (κ2) is 6.31. The van der Waals surface area contributed by atoms with Crippen LogP contribution in [0.3, 0.4) is 0 Å². The number of hydrogen-bond donors (Lipinski definition) is 1. The molecule has 0 aliphatic rings. The molecule has 0 saturated carbocycles. The van der Waals surface area contributed by atoms with Crippen molar-refractivity contribution >= 4 is 17.3 Å². The van der Waals surface area contributed by atoms with Crippen molar-refractivity contribution in [3.63, 3.8) is 0 Å². The van der Waals surface area contributed by atoms with E-state index in [0.717, 1.165) is 30.1 Å².